The van der Waals surface area contributed by atoms with Crippen LogP contribution in [0.25, 0.3) is 0 Å². The van der Waals surface area contributed by atoms with Gasteiger partial charge >= 0.3 is 0 Å². The fourth-order valence-electron chi connectivity index (χ4n) is 5.56. The molecule has 6 nitrogen and oxygen atoms in total. The number of aryl methyl sites for hydroxylation is 3. The molecule has 6 heteroatoms. The van der Waals surface area contributed by atoms with Gasteiger partial charge in [0.25, 0.3) is 5.91 Å². The number of anilines is 1. The summed E-state index contributed by atoms with van der Waals surface area (Å²) in [6.07, 6.45) is 2.94. The van der Waals surface area contributed by atoms with Crippen LogP contribution in [-0.2, 0) is 15.2 Å². The van der Waals surface area contributed by atoms with Gasteiger partial charge in [-0.1, -0.05) is 79.6 Å². The zero-order chi connectivity index (χ0) is 29.6. The Morgan fingerprint density at radius 1 is 0.902 bits per heavy atom. The predicted molar refractivity (Wildman–Crippen MR) is 166 cm³/mol. The minimum Gasteiger partial charge on any atom is -0.372 e. The van der Waals surface area contributed by atoms with E-state index in [-0.39, 0.29) is 11.8 Å². The van der Waals surface area contributed by atoms with Crippen LogP contribution in [0.15, 0.2) is 66.7 Å². The number of aliphatic hydroxyl groups is 1. The van der Waals surface area contributed by atoms with Crippen molar-refractivity contribution in [2.45, 2.75) is 65.4 Å². The molecule has 0 bridgehead atoms. The molecule has 0 aliphatic carbocycles. The van der Waals surface area contributed by atoms with Crippen LogP contribution in [0.3, 0.4) is 0 Å². The highest BCUT2D eigenvalue weighted by atomic mass is 16.3. The maximum atomic E-state index is 13.4. The van der Waals surface area contributed by atoms with E-state index in [1.54, 1.807) is 0 Å². The van der Waals surface area contributed by atoms with Crippen molar-refractivity contribution < 1.29 is 14.7 Å². The number of nitrogens with one attached hydrogen (secondary N) is 2. The number of piperidine rings is 1. The number of carbonyl (C=O) groups excluding carboxylic acids is 2. The van der Waals surface area contributed by atoms with E-state index >= 15 is 0 Å². The number of hydrogen-bond donors (Lipinski definition) is 3. The number of benzene rings is 3. The first-order valence-electron chi connectivity index (χ1n) is 14.9. The Morgan fingerprint density at radius 3 is 2.00 bits per heavy atom. The number of likely N-dealkylation sites (tertiary alicyclic amines) is 1. The van der Waals surface area contributed by atoms with Crippen molar-refractivity contribution in [3.8, 4) is 0 Å². The highest BCUT2D eigenvalue weighted by Gasteiger charge is 2.39. The lowest BCUT2D eigenvalue weighted by atomic mass is 9.84. The van der Waals surface area contributed by atoms with E-state index in [0.29, 0.717) is 23.6 Å². The number of rotatable bonds is 10. The van der Waals surface area contributed by atoms with Crippen LogP contribution >= 0.6 is 0 Å². The summed E-state index contributed by atoms with van der Waals surface area (Å²) in [4.78, 5) is 28.1. The largest absolute Gasteiger partial charge is 0.372 e. The second-order valence-electron chi connectivity index (χ2n) is 11.9. The Balaban J connectivity index is 1.30. The first-order valence-corrected chi connectivity index (χ1v) is 14.9. The maximum absolute atomic E-state index is 13.4. The molecule has 2 amide bonds. The molecule has 1 fully saturated rings. The third kappa shape index (κ3) is 7.43. The molecule has 0 saturated carbocycles. The van der Waals surface area contributed by atoms with Crippen LogP contribution in [0.1, 0.15) is 72.4 Å². The zero-order valence-corrected chi connectivity index (χ0v) is 25.2. The molecule has 1 aliphatic heterocycles. The highest BCUT2D eigenvalue weighted by Crippen LogP contribution is 2.33. The lowest BCUT2D eigenvalue weighted by molar-refractivity contribution is -0.136. The second-order valence-corrected chi connectivity index (χ2v) is 11.9. The van der Waals surface area contributed by atoms with E-state index in [1.165, 1.54) is 11.1 Å². The van der Waals surface area contributed by atoms with Gasteiger partial charge in [0.05, 0.1) is 0 Å². The van der Waals surface area contributed by atoms with Crippen LogP contribution in [-0.4, -0.2) is 48.0 Å². The average molecular weight is 556 g/mol. The summed E-state index contributed by atoms with van der Waals surface area (Å²) >= 11 is 0. The summed E-state index contributed by atoms with van der Waals surface area (Å²) < 4.78 is 0. The summed E-state index contributed by atoms with van der Waals surface area (Å²) in [6.45, 7) is 13.3. The normalized spacial score (nSPS) is 14.7. The van der Waals surface area contributed by atoms with Crippen molar-refractivity contribution >= 4 is 17.5 Å². The lowest BCUT2D eigenvalue weighted by Crippen LogP contribution is -2.46. The van der Waals surface area contributed by atoms with Crippen LogP contribution in [0.2, 0.25) is 0 Å². The molecule has 1 saturated heterocycles. The van der Waals surface area contributed by atoms with Gasteiger partial charge in [0.15, 0.2) is 5.60 Å². The van der Waals surface area contributed by atoms with Gasteiger partial charge in [-0.05, 0) is 100.0 Å². The minimum atomic E-state index is -1.75. The summed E-state index contributed by atoms with van der Waals surface area (Å²) in [7, 11) is 0. The van der Waals surface area contributed by atoms with Crippen molar-refractivity contribution in [3.63, 3.8) is 0 Å². The Labute approximate surface area is 245 Å². The van der Waals surface area contributed by atoms with E-state index in [9.17, 15) is 14.7 Å². The number of carbonyl (C=O) groups is 2. The molecule has 0 aromatic heterocycles. The number of nitrogens with zero attached hydrogens (tertiary/aromatic N) is 1. The van der Waals surface area contributed by atoms with Crippen molar-refractivity contribution in [1.29, 1.82) is 0 Å². The van der Waals surface area contributed by atoms with Crippen LogP contribution in [0.4, 0.5) is 5.69 Å². The average Bonchev–Trinajstić information content (AvgIpc) is 2.96. The molecule has 1 heterocycles. The molecule has 0 spiro atoms. The van der Waals surface area contributed by atoms with Crippen molar-refractivity contribution in [3.05, 3.63) is 100 Å². The molecule has 1 aliphatic rings. The van der Waals surface area contributed by atoms with Gasteiger partial charge in [-0.25, -0.2) is 0 Å². The van der Waals surface area contributed by atoms with E-state index in [0.717, 1.165) is 55.7 Å². The molecule has 4 rings (SSSR count). The fourth-order valence-corrected chi connectivity index (χ4v) is 5.56. The predicted octanol–water partition coefficient (Wildman–Crippen LogP) is 5.83. The third-order valence-electron chi connectivity index (χ3n) is 8.30. The molecule has 0 radical (unpaired) electrons. The van der Waals surface area contributed by atoms with E-state index in [1.807, 2.05) is 82.3 Å². The molecule has 3 aromatic rings. The van der Waals surface area contributed by atoms with Gasteiger partial charge in [0.2, 0.25) is 5.91 Å². The van der Waals surface area contributed by atoms with E-state index < -0.39 is 11.5 Å². The molecule has 0 atom stereocenters. The topological polar surface area (TPSA) is 81.7 Å². The van der Waals surface area contributed by atoms with E-state index in [4.69, 9.17) is 0 Å². The monoisotopic (exact) mass is 555 g/mol. The van der Waals surface area contributed by atoms with Gasteiger partial charge in [-0.3, -0.25) is 9.59 Å². The Kier molecular flexibility index (Phi) is 10.0. The minimum absolute atomic E-state index is 0.0397. The number of hydrogen-bond acceptors (Lipinski definition) is 4. The van der Waals surface area contributed by atoms with Gasteiger partial charge in [0.1, 0.15) is 0 Å². The zero-order valence-electron chi connectivity index (χ0n) is 25.2. The highest BCUT2D eigenvalue weighted by molar-refractivity contribution is 5.92. The van der Waals surface area contributed by atoms with Crippen molar-refractivity contribution in [2.75, 3.05) is 31.5 Å². The third-order valence-corrected chi connectivity index (χ3v) is 8.30. The Morgan fingerprint density at radius 2 is 1.46 bits per heavy atom. The van der Waals surface area contributed by atoms with Gasteiger partial charge in [-0.15, -0.1) is 0 Å². The van der Waals surface area contributed by atoms with Gasteiger partial charge < -0.3 is 20.6 Å². The second kappa shape index (κ2) is 13.5. The molecule has 3 N–H and O–H groups in total. The molecule has 0 unspecified atom stereocenters. The number of amides is 2. The summed E-state index contributed by atoms with van der Waals surface area (Å²) in [6, 6.07) is 21.2. The lowest BCUT2D eigenvalue weighted by Gasteiger charge is -2.33. The standard InChI is InChI=1S/C35H45N3O3/c1-24(2)33(39)37-31-16-11-27(5)32(23-31)28-17-21-38(22-18-28)20-6-19-36-34(40)35(41,29-12-7-25(3)8-13-29)30-14-9-26(4)10-15-30/h7-16,23-24,28,41H,6,17-22H2,1-5H3,(H,36,40)(H,37,39). The SMILES string of the molecule is Cc1ccc(C(O)(C(=O)NCCCN2CCC(c3cc(NC(=O)C(C)C)ccc3C)CC2)c2ccc(C)cc2)cc1. The quantitative estimate of drug-likeness (QED) is 0.275. The molecular formula is C35H45N3O3. The maximum Gasteiger partial charge on any atom is 0.261 e. The molecule has 218 valence electrons. The first-order chi connectivity index (χ1) is 19.6. The van der Waals surface area contributed by atoms with Gasteiger partial charge in [0, 0.05) is 18.2 Å². The van der Waals surface area contributed by atoms with Crippen LogP contribution < -0.4 is 10.6 Å². The first kappa shape index (κ1) is 30.5. The fraction of sp³-hybridized carbons (Fsp3) is 0.429. The molecule has 41 heavy (non-hydrogen) atoms. The van der Waals surface area contributed by atoms with Crippen LogP contribution in [0, 0.1) is 26.7 Å². The Bertz CT molecular complexity index is 1280. The molecule has 3 aromatic carbocycles. The summed E-state index contributed by atoms with van der Waals surface area (Å²) in [5, 5.41) is 17.8. The van der Waals surface area contributed by atoms with Gasteiger partial charge in [-0.2, -0.15) is 0 Å². The van der Waals surface area contributed by atoms with E-state index in [2.05, 4.69) is 34.6 Å². The Hall–Kier alpha value is -3.48. The van der Waals surface area contributed by atoms with Crippen molar-refractivity contribution in [2.24, 2.45) is 5.92 Å². The summed E-state index contributed by atoms with van der Waals surface area (Å²) in [5.41, 5.74) is 4.99. The van der Waals surface area contributed by atoms with Crippen LogP contribution in [0.5, 0.6) is 0 Å². The van der Waals surface area contributed by atoms with Crippen molar-refractivity contribution in [1.82, 2.24) is 10.2 Å². The molecular weight excluding hydrogens is 510 g/mol. The smallest absolute Gasteiger partial charge is 0.261 e. The summed E-state index contributed by atoms with van der Waals surface area (Å²) in [5.74, 6) is 0.0642.